The minimum Gasteiger partial charge on any atom is -0.439 e. The van der Waals surface area contributed by atoms with Gasteiger partial charge >= 0.3 is 0 Å². The van der Waals surface area contributed by atoms with Gasteiger partial charge in [0.2, 0.25) is 11.8 Å². The second kappa shape index (κ2) is 11.9. The first kappa shape index (κ1) is 25.4. The quantitative estimate of drug-likeness (QED) is 0.313. The molecule has 38 heavy (non-hydrogen) atoms. The van der Waals surface area contributed by atoms with Crippen molar-refractivity contribution in [1.82, 2.24) is 14.9 Å². The Morgan fingerprint density at radius 2 is 1.71 bits per heavy atom. The van der Waals surface area contributed by atoms with Crippen molar-refractivity contribution in [3.05, 3.63) is 113 Å². The summed E-state index contributed by atoms with van der Waals surface area (Å²) in [6, 6.07) is 22.2. The van der Waals surface area contributed by atoms with Crippen LogP contribution in [0, 0.1) is 0 Å². The molecule has 1 N–H and O–H groups in total. The maximum atomic E-state index is 13.0. The summed E-state index contributed by atoms with van der Waals surface area (Å²) in [5.74, 6) is 1.37. The zero-order chi connectivity index (χ0) is 26.3. The van der Waals surface area contributed by atoms with E-state index in [4.69, 9.17) is 16.3 Å². The maximum absolute atomic E-state index is 13.0. The second-order valence-electron chi connectivity index (χ2n) is 9.22. The summed E-state index contributed by atoms with van der Waals surface area (Å²) in [6.07, 6.45) is 6.98. The Labute approximate surface area is 226 Å². The molecule has 1 aliphatic rings. The number of halogens is 1. The Morgan fingerprint density at radius 3 is 2.37 bits per heavy atom. The molecule has 2 aromatic carbocycles. The summed E-state index contributed by atoms with van der Waals surface area (Å²) in [5, 5.41) is 3.48. The number of pyridine rings is 2. The molecule has 4 aromatic rings. The van der Waals surface area contributed by atoms with E-state index in [0.717, 1.165) is 24.1 Å². The average molecular weight is 527 g/mol. The number of anilines is 1. The molecule has 7 nitrogen and oxygen atoms in total. The van der Waals surface area contributed by atoms with Gasteiger partial charge < -0.3 is 15.0 Å². The van der Waals surface area contributed by atoms with Gasteiger partial charge in [-0.3, -0.25) is 14.6 Å². The first-order valence-corrected chi connectivity index (χ1v) is 12.9. The predicted molar refractivity (Wildman–Crippen MR) is 147 cm³/mol. The Kier molecular flexibility index (Phi) is 7.95. The normalized spacial score (nSPS) is 13.7. The van der Waals surface area contributed by atoms with Crippen molar-refractivity contribution >= 4 is 29.1 Å². The van der Waals surface area contributed by atoms with Crippen molar-refractivity contribution in [2.75, 3.05) is 18.4 Å². The molecule has 1 fully saturated rings. The average Bonchev–Trinajstić information content (AvgIpc) is 2.95. The van der Waals surface area contributed by atoms with Crippen LogP contribution in [0.25, 0.3) is 0 Å². The van der Waals surface area contributed by atoms with Crippen molar-refractivity contribution in [3.8, 4) is 11.6 Å². The molecular weight excluding hydrogens is 500 g/mol. The smallest absolute Gasteiger partial charge is 0.253 e. The fourth-order valence-electron chi connectivity index (χ4n) is 4.54. The molecule has 0 radical (unpaired) electrons. The third kappa shape index (κ3) is 6.55. The highest BCUT2D eigenvalue weighted by atomic mass is 35.5. The number of hydrogen-bond donors (Lipinski definition) is 1. The molecule has 2 amide bonds. The number of nitrogens with one attached hydrogen (secondary N) is 1. The molecule has 0 atom stereocenters. The van der Waals surface area contributed by atoms with Crippen molar-refractivity contribution in [1.29, 1.82) is 0 Å². The van der Waals surface area contributed by atoms with E-state index in [0.29, 0.717) is 41.2 Å². The summed E-state index contributed by atoms with van der Waals surface area (Å²) >= 11 is 5.86. The van der Waals surface area contributed by atoms with Gasteiger partial charge in [-0.15, -0.1) is 0 Å². The number of nitrogens with zero attached hydrogens (tertiary/aromatic N) is 3. The molecule has 0 saturated carbocycles. The Bertz CT molecular complexity index is 1370. The van der Waals surface area contributed by atoms with Crippen LogP contribution in [0.2, 0.25) is 5.02 Å². The summed E-state index contributed by atoms with van der Waals surface area (Å²) in [6.45, 7) is 1.39. The summed E-state index contributed by atoms with van der Waals surface area (Å²) < 4.78 is 5.71. The zero-order valence-corrected chi connectivity index (χ0v) is 21.5. The highest BCUT2D eigenvalue weighted by Crippen LogP contribution is 2.30. The number of likely N-dealkylation sites (tertiary alicyclic amines) is 1. The minimum absolute atomic E-state index is 0.0197. The molecule has 0 spiro atoms. The van der Waals surface area contributed by atoms with Gasteiger partial charge in [-0.25, -0.2) is 4.98 Å². The molecule has 8 heteroatoms. The summed E-state index contributed by atoms with van der Waals surface area (Å²) in [4.78, 5) is 35.4. The molecule has 1 saturated heterocycles. The number of ether oxygens (including phenoxy) is 1. The Morgan fingerprint density at radius 1 is 0.947 bits per heavy atom. The molecular formula is C30H27ClN4O3. The highest BCUT2D eigenvalue weighted by Gasteiger charge is 2.24. The van der Waals surface area contributed by atoms with Crippen LogP contribution in [0.15, 0.2) is 91.4 Å². The topological polar surface area (TPSA) is 84.4 Å². The number of carbonyl (C=O) groups excluding carboxylic acids is 2. The number of amides is 2. The lowest BCUT2D eigenvalue weighted by Crippen LogP contribution is -2.37. The van der Waals surface area contributed by atoms with Gasteiger partial charge in [-0.2, -0.15) is 0 Å². The van der Waals surface area contributed by atoms with Gasteiger partial charge in [0, 0.05) is 49.0 Å². The third-order valence-electron chi connectivity index (χ3n) is 6.56. The number of carbonyl (C=O) groups is 2. The molecule has 0 unspecified atom stereocenters. The molecule has 192 valence electrons. The molecule has 3 heterocycles. The first-order valence-electron chi connectivity index (χ1n) is 12.5. The largest absolute Gasteiger partial charge is 0.439 e. The third-order valence-corrected chi connectivity index (χ3v) is 6.78. The molecule has 1 aliphatic heterocycles. The van der Waals surface area contributed by atoms with E-state index in [2.05, 4.69) is 27.4 Å². The molecule has 0 bridgehead atoms. The van der Waals surface area contributed by atoms with E-state index in [1.54, 1.807) is 48.8 Å². The lowest BCUT2D eigenvalue weighted by atomic mass is 9.89. The van der Waals surface area contributed by atoms with Gasteiger partial charge in [-0.1, -0.05) is 29.8 Å². The lowest BCUT2D eigenvalue weighted by molar-refractivity contribution is -0.115. The first-order chi connectivity index (χ1) is 18.5. The van der Waals surface area contributed by atoms with Crippen LogP contribution in [0.1, 0.15) is 40.2 Å². The number of hydrogen-bond acceptors (Lipinski definition) is 5. The van der Waals surface area contributed by atoms with E-state index in [9.17, 15) is 9.59 Å². The Balaban J connectivity index is 1.11. The SMILES string of the molecule is O=C(Cc1cccnc1)Nc1ccc(C2CCN(C(=O)c3ccc(Oc4ccc(Cl)cn4)cc3)CC2)cc1. The minimum atomic E-state index is -0.0705. The molecule has 2 aromatic heterocycles. The van der Waals surface area contributed by atoms with Gasteiger partial charge in [0.1, 0.15) is 5.75 Å². The van der Waals surface area contributed by atoms with Crippen molar-refractivity contribution in [2.24, 2.45) is 0 Å². The second-order valence-corrected chi connectivity index (χ2v) is 9.65. The van der Waals surface area contributed by atoms with Gasteiger partial charge in [0.15, 0.2) is 0 Å². The van der Waals surface area contributed by atoms with E-state index < -0.39 is 0 Å². The summed E-state index contributed by atoms with van der Waals surface area (Å²) in [7, 11) is 0. The lowest BCUT2D eigenvalue weighted by Gasteiger charge is -2.32. The van der Waals surface area contributed by atoms with Crippen LogP contribution in [0.5, 0.6) is 11.6 Å². The van der Waals surface area contributed by atoms with Crippen LogP contribution < -0.4 is 10.1 Å². The van der Waals surface area contributed by atoms with Crippen molar-refractivity contribution in [3.63, 3.8) is 0 Å². The molecule has 0 aliphatic carbocycles. The summed E-state index contributed by atoms with van der Waals surface area (Å²) in [5.41, 5.74) is 3.50. The number of piperidine rings is 1. The number of benzene rings is 2. The fourth-order valence-corrected chi connectivity index (χ4v) is 4.65. The van der Waals surface area contributed by atoms with Gasteiger partial charge in [-0.05, 0) is 78.4 Å². The van der Waals surface area contributed by atoms with E-state index in [1.165, 1.54) is 11.8 Å². The number of rotatable bonds is 7. The van der Waals surface area contributed by atoms with Crippen molar-refractivity contribution in [2.45, 2.75) is 25.2 Å². The van der Waals surface area contributed by atoms with E-state index in [-0.39, 0.29) is 18.2 Å². The van der Waals surface area contributed by atoms with Crippen LogP contribution >= 0.6 is 11.6 Å². The fraction of sp³-hybridized carbons (Fsp3) is 0.200. The highest BCUT2D eigenvalue weighted by molar-refractivity contribution is 6.30. The molecule has 5 rings (SSSR count). The number of aromatic nitrogens is 2. The van der Waals surface area contributed by atoms with Crippen LogP contribution in [0.4, 0.5) is 5.69 Å². The van der Waals surface area contributed by atoms with Crippen LogP contribution in [-0.4, -0.2) is 39.8 Å². The standard InChI is InChI=1S/C30H27ClN4O3/c31-25-7-12-29(33-20-25)38-27-10-5-24(6-11-27)30(37)35-16-13-23(14-17-35)22-3-8-26(9-4-22)34-28(36)18-21-2-1-15-32-19-21/h1-12,15,19-20,23H,13-14,16-18H2,(H,34,36). The van der Waals surface area contributed by atoms with Gasteiger partial charge in [0.25, 0.3) is 5.91 Å². The zero-order valence-electron chi connectivity index (χ0n) is 20.7. The van der Waals surface area contributed by atoms with Gasteiger partial charge in [0.05, 0.1) is 11.4 Å². The van der Waals surface area contributed by atoms with E-state index in [1.807, 2.05) is 29.2 Å². The van der Waals surface area contributed by atoms with Crippen molar-refractivity contribution < 1.29 is 14.3 Å². The predicted octanol–water partition coefficient (Wildman–Crippen LogP) is 6.12. The maximum Gasteiger partial charge on any atom is 0.253 e. The monoisotopic (exact) mass is 526 g/mol. The van der Waals surface area contributed by atoms with E-state index >= 15 is 0 Å². The Hall–Kier alpha value is -4.23. The van der Waals surface area contributed by atoms with Crippen LogP contribution in [0.3, 0.4) is 0 Å². The van der Waals surface area contributed by atoms with Crippen LogP contribution in [-0.2, 0) is 11.2 Å².